The normalized spacial score (nSPS) is 18.4. The van der Waals surface area contributed by atoms with Crippen molar-refractivity contribution in [3.05, 3.63) is 87.1 Å². The fourth-order valence-electron chi connectivity index (χ4n) is 3.29. The van der Waals surface area contributed by atoms with Crippen molar-refractivity contribution < 1.29 is 19.2 Å². The standard InChI is InChI=1S/C21H14Cl2N2O4/c1-11-9-16(24-29-11)25-18(13-3-2-4-15(23)10-13)17(20(27)21(25)28)19(26)12-5-7-14(22)8-6-12/h2-10,18,26H,1H3/t18-/m0/s1. The fourth-order valence-corrected chi connectivity index (χ4v) is 3.62. The van der Waals surface area contributed by atoms with E-state index in [1.54, 1.807) is 61.5 Å². The minimum absolute atomic E-state index is 0.0692. The molecule has 0 saturated carbocycles. The van der Waals surface area contributed by atoms with Gasteiger partial charge in [-0.2, -0.15) is 0 Å². The van der Waals surface area contributed by atoms with E-state index in [1.165, 1.54) is 4.90 Å². The molecule has 1 N–H and O–H groups in total. The minimum Gasteiger partial charge on any atom is -0.507 e. The zero-order valence-corrected chi connectivity index (χ0v) is 16.6. The monoisotopic (exact) mass is 428 g/mol. The van der Waals surface area contributed by atoms with E-state index in [0.29, 0.717) is 26.9 Å². The Morgan fingerprint density at radius 3 is 2.41 bits per heavy atom. The van der Waals surface area contributed by atoms with E-state index in [-0.39, 0.29) is 17.2 Å². The van der Waals surface area contributed by atoms with E-state index in [0.717, 1.165) is 0 Å². The number of aliphatic hydroxyl groups excluding tert-OH is 1. The summed E-state index contributed by atoms with van der Waals surface area (Å²) in [7, 11) is 0. The first kappa shape index (κ1) is 19.2. The first-order chi connectivity index (χ1) is 13.9. The Labute approximate surface area is 175 Å². The number of halogens is 2. The third-order valence-corrected chi connectivity index (χ3v) is 5.08. The molecule has 1 aliphatic heterocycles. The lowest BCUT2D eigenvalue weighted by Crippen LogP contribution is -2.29. The molecule has 0 unspecified atom stereocenters. The van der Waals surface area contributed by atoms with Crippen molar-refractivity contribution in [3.8, 4) is 0 Å². The molecule has 1 fully saturated rings. The number of rotatable bonds is 3. The number of aryl methyl sites for hydroxylation is 1. The lowest BCUT2D eigenvalue weighted by Gasteiger charge is -2.23. The van der Waals surface area contributed by atoms with Gasteiger partial charge in [0.15, 0.2) is 5.82 Å². The second-order valence-corrected chi connectivity index (χ2v) is 7.40. The number of carbonyl (C=O) groups is 2. The third-order valence-electron chi connectivity index (χ3n) is 4.59. The van der Waals surface area contributed by atoms with Gasteiger partial charge in [0, 0.05) is 21.7 Å². The summed E-state index contributed by atoms with van der Waals surface area (Å²) in [5.41, 5.74) is 0.837. The number of hydrogen-bond donors (Lipinski definition) is 1. The number of amides is 1. The number of carbonyl (C=O) groups excluding carboxylic acids is 2. The summed E-state index contributed by atoms with van der Waals surface area (Å²) in [6, 6.07) is 13.7. The molecule has 29 heavy (non-hydrogen) atoms. The summed E-state index contributed by atoms with van der Waals surface area (Å²) < 4.78 is 5.09. The molecule has 2 heterocycles. The molecular formula is C21H14Cl2N2O4. The van der Waals surface area contributed by atoms with Gasteiger partial charge in [-0.25, -0.2) is 0 Å². The second-order valence-electron chi connectivity index (χ2n) is 6.53. The number of Topliss-reactive ketones (excluding diaryl/α,β-unsaturated/α-hetero) is 1. The van der Waals surface area contributed by atoms with Crippen LogP contribution in [0.25, 0.3) is 5.76 Å². The van der Waals surface area contributed by atoms with Crippen LogP contribution < -0.4 is 4.90 Å². The SMILES string of the molecule is Cc1cc(N2C(=O)C(=O)C(=C(O)c3ccc(Cl)cc3)[C@@H]2c2cccc(Cl)c2)no1. The van der Waals surface area contributed by atoms with Gasteiger partial charge in [0.1, 0.15) is 11.5 Å². The molecule has 1 aromatic heterocycles. The van der Waals surface area contributed by atoms with Crippen LogP contribution in [0.2, 0.25) is 10.0 Å². The van der Waals surface area contributed by atoms with E-state index in [9.17, 15) is 14.7 Å². The molecule has 4 rings (SSSR count). The van der Waals surface area contributed by atoms with Crippen LogP contribution in [0.5, 0.6) is 0 Å². The Morgan fingerprint density at radius 2 is 1.79 bits per heavy atom. The molecule has 6 nitrogen and oxygen atoms in total. The van der Waals surface area contributed by atoms with Crippen molar-refractivity contribution in [2.75, 3.05) is 4.90 Å². The number of hydrogen-bond acceptors (Lipinski definition) is 5. The number of benzene rings is 2. The number of aromatic nitrogens is 1. The van der Waals surface area contributed by atoms with Gasteiger partial charge in [-0.15, -0.1) is 0 Å². The van der Waals surface area contributed by atoms with E-state index in [2.05, 4.69) is 5.16 Å². The Kier molecular flexibility index (Phi) is 4.90. The highest BCUT2D eigenvalue weighted by Crippen LogP contribution is 2.42. The van der Waals surface area contributed by atoms with E-state index in [1.807, 2.05) is 0 Å². The average molecular weight is 429 g/mol. The molecule has 146 valence electrons. The maximum absolute atomic E-state index is 12.9. The molecular weight excluding hydrogens is 415 g/mol. The summed E-state index contributed by atoms with van der Waals surface area (Å²) in [5.74, 6) is -1.32. The van der Waals surface area contributed by atoms with Gasteiger partial charge in [0.05, 0.1) is 11.6 Å². The van der Waals surface area contributed by atoms with Crippen LogP contribution in [-0.2, 0) is 9.59 Å². The Balaban J connectivity index is 1.95. The molecule has 0 aliphatic carbocycles. The molecule has 1 amide bonds. The van der Waals surface area contributed by atoms with Gasteiger partial charge in [-0.3, -0.25) is 14.5 Å². The fraction of sp³-hybridized carbons (Fsp3) is 0.0952. The predicted octanol–water partition coefficient (Wildman–Crippen LogP) is 4.92. The maximum atomic E-state index is 12.9. The second kappa shape index (κ2) is 7.39. The summed E-state index contributed by atoms with van der Waals surface area (Å²) in [4.78, 5) is 27.0. The van der Waals surface area contributed by atoms with E-state index in [4.69, 9.17) is 27.7 Å². The van der Waals surface area contributed by atoms with E-state index >= 15 is 0 Å². The third kappa shape index (κ3) is 3.41. The van der Waals surface area contributed by atoms with Crippen LogP contribution in [-0.4, -0.2) is 22.0 Å². The van der Waals surface area contributed by atoms with Crippen LogP contribution in [0.4, 0.5) is 5.82 Å². The van der Waals surface area contributed by atoms with Crippen LogP contribution in [0.1, 0.15) is 22.9 Å². The smallest absolute Gasteiger partial charge is 0.301 e. The van der Waals surface area contributed by atoms with Gasteiger partial charge >= 0.3 is 5.91 Å². The maximum Gasteiger partial charge on any atom is 0.301 e. The van der Waals surface area contributed by atoms with Gasteiger partial charge < -0.3 is 9.63 Å². The molecule has 1 saturated heterocycles. The number of aliphatic hydroxyl groups is 1. The Hall–Kier alpha value is -3.09. The van der Waals surface area contributed by atoms with Crippen molar-refractivity contribution in [1.82, 2.24) is 5.16 Å². The highest BCUT2D eigenvalue weighted by Gasteiger charge is 2.48. The number of ketones is 1. The molecule has 2 aromatic carbocycles. The first-order valence-electron chi connectivity index (χ1n) is 8.62. The van der Waals surface area contributed by atoms with Crippen molar-refractivity contribution in [2.24, 2.45) is 0 Å². The van der Waals surface area contributed by atoms with Crippen molar-refractivity contribution in [3.63, 3.8) is 0 Å². The van der Waals surface area contributed by atoms with Crippen molar-refractivity contribution in [2.45, 2.75) is 13.0 Å². The van der Waals surface area contributed by atoms with Crippen molar-refractivity contribution in [1.29, 1.82) is 0 Å². The highest BCUT2D eigenvalue weighted by molar-refractivity contribution is 6.51. The van der Waals surface area contributed by atoms with Crippen LogP contribution in [0.15, 0.2) is 64.7 Å². The van der Waals surface area contributed by atoms with Gasteiger partial charge in [0.25, 0.3) is 5.78 Å². The largest absolute Gasteiger partial charge is 0.507 e. The predicted molar refractivity (Wildman–Crippen MR) is 109 cm³/mol. The van der Waals surface area contributed by atoms with E-state index < -0.39 is 17.7 Å². The summed E-state index contributed by atoms with van der Waals surface area (Å²) in [6.07, 6.45) is 0. The molecule has 0 radical (unpaired) electrons. The molecule has 0 bridgehead atoms. The summed E-state index contributed by atoms with van der Waals surface area (Å²) in [5, 5.41) is 15.7. The minimum atomic E-state index is -0.922. The quantitative estimate of drug-likeness (QED) is 0.363. The zero-order chi connectivity index (χ0) is 20.7. The van der Waals surface area contributed by atoms with Crippen molar-refractivity contribution >= 4 is 46.5 Å². The average Bonchev–Trinajstić information content (AvgIpc) is 3.23. The summed E-state index contributed by atoms with van der Waals surface area (Å²) >= 11 is 12.1. The highest BCUT2D eigenvalue weighted by atomic mass is 35.5. The van der Waals surface area contributed by atoms with Crippen LogP contribution >= 0.6 is 23.2 Å². The zero-order valence-electron chi connectivity index (χ0n) is 15.1. The molecule has 1 aliphatic rings. The van der Waals surface area contributed by atoms with Gasteiger partial charge in [-0.1, -0.05) is 40.5 Å². The Morgan fingerprint density at radius 1 is 1.07 bits per heavy atom. The topological polar surface area (TPSA) is 83.6 Å². The number of nitrogens with zero attached hydrogens (tertiary/aromatic N) is 2. The van der Waals surface area contributed by atoms with Crippen LogP contribution in [0, 0.1) is 6.92 Å². The molecule has 1 atom stereocenters. The molecule has 3 aromatic rings. The lowest BCUT2D eigenvalue weighted by molar-refractivity contribution is -0.132. The summed E-state index contributed by atoms with van der Waals surface area (Å²) in [6.45, 7) is 1.68. The Bertz CT molecular complexity index is 1150. The molecule has 8 heteroatoms. The lowest BCUT2D eigenvalue weighted by atomic mass is 9.95. The number of anilines is 1. The molecule has 0 spiro atoms. The first-order valence-corrected chi connectivity index (χ1v) is 9.38. The van der Waals surface area contributed by atoms with Gasteiger partial charge in [0.2, 0.25) is 0 Å². The van der Waals surface area contributed by atoms with Gasteiger partial charge in [-0.05, 0) is 48.9 Å². The van der Waals surface area contributed by atoms with Crippen LogP contribution in [0.3, 0.4) is 0 Å².